The van der Waals surface area contributed by atoms with Gasteiger partial charge in [-0.05, 0) is 30.3 Å². The van der Waals surface area contributed by atoms with Crippen LogP contribution in [0.15, 0.2) is 40.9 Å². The van der Waals surface area contributed by atoms with E-state index in [-0.39, 0.29) is 5.56 Å². The van der Waals surface area contributed by atoms with Crippen molar-refractivity contribution < 1.29 is 8.78 Å². The van der Waals surface area contributed by atoms with E-state index in [1.807, 2.05) is 6.92 Å². The van der Waals surface area contributed by atoms with Gasteiger partial charge in [0.05, 0.1) is 6.04 Å². The molecule has 2 rings (SSSR count). The maximum absolute atomic E-state index is 14.0. The lowest BCUT2D eigenvalue weighted by molar-refractivity contribution is 0.483. The predicted molar refractivity (Wildman–Crippen MR) is 81.0 cm³/mol. The summed E-state index contributed by atoms with van der Waals surface area (Å²) in [4.78, 5) is 0. The Morgan fingerprint density at radius 3 is 2.60 bits per heavy atom. The van der Waals surface area contributed by atoms with Gasteiger partial charge in [0, 0.05) is 15.1 Å². The van der Waals surface area contributed by atoms with Gasteiger partial charge < -0.3 is 5.32 Å². The van der Waals surface area contributed by atoms with Crippen LogP contribution in [-0.4, -0.2) is 6.54 Å². The van der Waals surface area contributed by atoms with Gasteiger partial charge >= 0.3 is 0 Å². The van der Waals surface area contributed by atoms with Gasteiger partial charge in [0.15, 0.2) is 11.6 Å². The first-order valence-electron chi connectivity index (χ1n) is 6.16. The molecule has 1 unspecified atom stereocenters. The fourth-order valence-corrected chi connectivity index (χ4v) is 2.98. The molecular formula is C15H13BrClF2N. The van der Waals surface area contributed by atoms with Gasteiger partial charge in [-0.3, -0.25) is 0 Å². The van der Waals surface area contributed by atoms with Crippen molar-refractivity contribution in [2.75, 3.05) is 6.54 Å². The summed E-state index contributed by atoms with van der Waals surface area (Å²) in [5, 5.41) is 3.74. The summed E-state index contributed by atoms with van der Waals surface area (Å²) >= 11 is 9.33. The summed E-state index contributed by atoms with van der Waals surface area (Å²) in [5.41, 5.74) is 1.08. The summed E-state index contributed by atoms with van der Waals surface area (Å²) in [5.74, 6) is -1.68. The van der Waals surface area contributed by atoms with Crippen molar-refractivity contribution in [2.24, 2.45) is 0 Å². The van der Waals surface area contributed by atoms with Crippen molar-refractivity contribution in [3.8, 4) is 0 Å². The van der Waals surface area contributed by atoms with Crippen molar-refractivity contribution >= 4 is 27.5 Å². The van der Waals surface area contributed by atoms with Crippen LogP contribution in [0.5, 0.6) is 0 Å². The van der Waals surface area contributed by atoms with Gasteiger partial charge in [0.2, 0.25) is 0 Å². The van der Waals surface area contributed by atoms with Gasteiger partial charge in [-0.1, -0.05) is 52.7 Å². The molecule has 1 nitrogen and oxygen atoms in total. The first-order chi connectivity index (χ1) is 9.54. The number of hydrogen-bond acceptors (Lipinski definition) is 1. The molecule has 106 valence electrons. The van der Waals surface area contributed by atoms with Crippen LogP contribution in [0.2, 0.25) is 5.02 Å². The largest absolute Gasteiger partial charge is 0.306 e. The third-order valence-corrected chi connectivity index (χ3v) is 3.90. The van der Waals surface area contributed by atoms with Crippen molar-refractivity contribution in [1.29, 1.82) is 0 Å². The summed E-state index contributed by atoms with van der Waals surface area (Å²) in [7, 11) is 0. The Hall–Kier alpha value is -0.970. The summed E-state index contributed by atoms with van der Waals surface area (Å²) in [6.07, 6.45) is 0. The third-order valence-electron chi connectivity index (χ3n) is 2.97. The standard InChI is InChI=1S/C15H13BrClF2N/c1-2-20-15(10-7-6-9(17)8-12(10)16)11-4-3-5-13(18)14(11)19/h3-8,15,20H,2H2,1H3. The topological polar surface area (TPSA) is 12.0 Å². The molecule has 0 spiro atoms. The molecule has 0 saturated carbocycles. The van der Waals surface area contributed by atoms with E-state index in [2.05, 4.69) is 21.2 Å². The highest BCUT2D eigenvalue weighted by atomic mass is 79.9. The molecule has 0 aliphatic heterocycles. The lowest BCUT2D eigenvalue weighted by Gasteiger charge is -2.21. The molecule has 0 radical (unpaired) electrons. The van der Waals surface area contributed by atoms with E-state index < -0.39 is 17.7 Å². The molecule has 0 aliphatic rings. The fourth-order valence-electron chi connectivity index (χ4n) is 2.07. The lowest BCUT2D eigenvalue weighted by Crippen LogP contribution is -2.23. The minimum Gasteiger partial charge on any atom is -0.306 e. The highest BCUT2D eigenvalue weighted by Crippen LogP contribution is 2.32. The summed E-state index contributed by atoms with van der Waals surface area (Å²) < 4.78 is 28.2. The van der Waals surface area contributed by atoms with E-state index in [4.69, 9.17) is 11.6 Å². The van der Waals surface area contributed by atoms with Crippen LogP contribution < -0.4 is 5.32 Å². The Kier molecular flexibility index (Phi) is 5.13. The Balaban J connectivity index is 2.53. The van der Waals surface area contributed by atoms with Crippen LogP contribution in [0.3, 0.4) is 0 Å². The minimum absolute atomic E-state index is 0.273. The van der Waals surface area contributed by atoms with Crippen LogP contribution in [0, 0.1) is 11.6 Å². The van der Waals surface area contributed by atoms with Crippen molar-refractivity contribution in [3.05, 3.63) is 68.7 Å². The van der Waals surface area contributed by atoms with Gasteiger partial charge in [-0.15, -0.1) is 0 Å². The van der Waals surface area contributed by atoms with E-state index in [1.165, 1.54) is 6.07 Å². The first kappa shape index (κ1) is 15.4. The highest BCUT2D eigenvalue weighted by Gasteiger charge is 2.21. The second-order valence-corrected chi connectivity index (χ2v) is 5.59. The smallest absolute Gasteiger partial charge is 0.163 e. The number of rotatable bonds is 4. The summed E-state index contributed by atoms with van der Waals surface area (Å²) in [6.45, 7) is 2.53. The molecule has 0 bridgehead atoms. The number of benzene rings is 2. The van der Waals surface area contributed by atoms with Crippen LogP contribution in [0.4, 0.5) is 8.78 Å². The molecule has 0 amide bonds. The number of nitrogens with one attached hydrogen (secondary N) is 1. The predicted octanol–water partition coefficient (Wildman–Crippen LogP) is 5.08. The second kappa shape index (κ2) is 6.66. The highest BCUT2D eigenvalue weighted by molar-refractivity contribution is 9.10. The second-order valence-electron chi connectivity index (χ2n) is 4.30. The zero-order valence-electron chi connectivity index (χ0n) is 10.8. The molecule has 0 aromatic heterocycles. The number of halogens is 4. The van der Waals surface area contributed by atoms with E-state index in [9.17, 15) is 8.78 Å². The molecule has 0 heterocycles. The molecule has 5 heteroatoms. The molecule has 20 heavy (non-hydrogen) atoms. The molecule has 0 aliphatic carbocycles. The Bertz CT molecular complexity index is 619. The first-order valence-corrected chi connectivity index (χ1v) is 7.34. The Morgan fingerprint density at radius 1 is 1.20 bits per heavy atom. The maximum atomic E-state index is 14.0. The van der Waals surface area contributed by atoms with Gasteiger partial charge in [0.25, 0.3) is 0 Å². The average molecular weight is 361 g/mol. The van der Waals surface area contributed by atoms with Gasteiger partial charge in [-0.2, -0.15) is 0 Å². The van der Waals surface area contributed by atoms with Crippen LogP contribution in [-0.2, 0) is 0 Å². The molecule has 2 aromatic rings. The molecule has 2 aromatic carbocycles. The maximum Gasteiger partial charge on any atom is 0.163 e. The average Bonchev–Trinajstić information content (AvgIpc) is 2.40. The van der Waals surface area contributed by atoms with E-state index in [0.29, 0.717) is 11.6 Å². The molecule has 1 N–H and O–H groups in total. The SMILES string of the molecule is CCNC(c1ccc(Cl)cc1Br)c1cccc(F)c1F. The zero-order chi connectivity index (χ0) is 14.7. The van der Waals surface area contributed by atoms with E-state index >= 15 is 0 Å². The fraction of sp³-hybridized carbons (Fsp3) is 0.200. The molecule has 0 fully saturated rings. The molecular weight excluding hydrogens is 348 g/mol. The zero-order valence-corrected chi connectivity index (χ0v) is 13.1. The Morgan fingerprint density at radius 2 is 1.95 bits per heavy atom. The quantitative estimate of drug-likeness (QED) is 0.802. The van der Waals surface area contributed by atoms with Crippen molar-refractivity contribution in [3.63, 3.8) is 0 Å². The lowest BCUT2D eigenvalue weighted by atomic mass is 9.98. The van der Waals surface area contributed by atoms with Crippen molar-refractivity contribution in [1.82, 2.24) is 5.32 Å². The summed E-state index contributed by atoms with van der Waals surface area (Å²) in [6, 6.07) is 9.00. The third kappa shape index (κ3) is 3.19. The van der Waals surface area contributed by atoms with Crippen LogP contribution in [0.1, 0.15) is 24.1 Å². The normalized spacial score (nSPS) is 12.4. The number of hydrogen-bond donors (Lipinski definition) is 1. The van der Waals surface area contributed by atoms with Crippen LogP contribution in [0.25, 0.3) is 0 Å². The van der Waals surface area contributed by atoms with E-state index in [0.717, 1.165) is 16.1 Å². The van der Waals surface area contributed by atoms with Gasteiger partial charge in [-0.25, -0.2) is 8.78 Å². The van der Waals surface area contributed by atoms with Crippen molar-refractivity contribution in [2.45, 2.75) is 13.0 Å². The monoisotopic (exact) mass is 359 g/mol. The van der Waals surface area contributed by atoms with E-state index in [1.54, 1.807) is 24.3 Å². The Labute approximate surface area is 130 Å². The van der Waals surface area contributed by atoms with Gasteiger partial charge in [0.1, 0.15) is 0 Å². The van der Waals surface area contributed by atoms with Crippen LogP contribution >= 0.6 is 27.5 Å². The molecule has 1 atom stereocenters. The minimum atomic E-state index is -0.851. The molecule has 0 saturated heterocycles.